The lowest BCUT2D eigenvalue weighted by atomic mass is 10.1. The van der Waals surface area contributed by atoms with Crippen molar-refractivity contribution < 1.29 is 27.5 Å². The third kappa shape index (κ3) is 4.52. The minimum absolute atomic E-state index is 0.0545. The van der Waals surface area contributed by atoms with Crippen molar-refractivity contribution in [1.29, 1.82) is 0 Å². The number of hydrogen-bond donors (Lipinski definition) is 1. The van der Waals surface area contributed by atoms with E-state index in [1.807, 2.05) is 6.07 Å². The first-order valence-electron chi connectivity index (χ1n) is 9.11. The van der Waals surface area contributed by atoms with Gasteiger partial charge in [0.05, 0.1) is 36.2 Å². The number of methoxy groups -OCH3 is 2. The quantitative estimate of drug-likeness (QED) is 0.692. The maximum atomic E-state index is 12.5. The van der Waals surface area contributed by atoms with Crippen molar-refractivity contribution in [3.63, 3.8) is 0 Å². The lowest BCUT2D eigenvalue weighted by Crippen LogP contribution is -2.29. The van der Waals surface area contributed by atoms with E-state index in [9.17, 15) is 18.0 Å². The smallest absolute Gasteiger partial charge is 0.252 e. The molecule has 1 N–H and O–H groups in total. The summed E-state index contributed by atoms with van der Waals surface area (Å²) >= 11 is 6.20. The van der Waals surface area contributed by atoms with E-state index in [0.29, 0.717) is 24.5 Å². The standard InChI is InChI=1S/C20H21ClN2O6S/c1-28-15-4-6-18(29-2)13(11-15)7-9-22-20(25)16-5-3-14(12-17(16)21)23-19(24)8-10-30(23,26)27/h3-6,11-12H,7-10H2,1-2H3,(H,22,25). The number of rotatable bonds is 7. The summed E-state index contributed by atoms with van der Waals surface area (Å²) in [7, 11) is -0.558. The van der Waals surface area contributed by atoms with Gasteiger partial charge in [0.15, 0.2) is 0 Å². The average Bonchev–Trinajstić information content (AvgIpc) is 2.99. The first-order valence-corrected chi connectivity index (χ1v) is 11.1. The molecular formula is C20H21ClN2O6S. The zero-order valence-corrected chi connectivity index (χ0v) is 18.0. The van der Waals surface area contributed by atoms with Gasteiger partial charge in [0.25, 0.3) is 5.91 Å². The highest BCUT2D eigenvalue weighted by molar-refractivity contribution is 7.94. The maximum Gasteiger partial charge on any atom is 0.252 e. The van der Waals surface area contributed by atoms with Gasteiger partial charge in [-0.25, -0.2) is 12.7 Å². The van der Waals surface area contributed by atoms with Crippen molar-refractivity contribution in [2.45, 2.75) is 12.8 Å². The first-order chi connectivity index (χ1) is 14.3. The van der Waals surface area contributed by atoms with E-state index in [0.717, 1.165) is 9.87 Å². The molecule has 1 aliphatic heterocycles. The van der Waals surface area contributed by atoms with Crippen molar-refractivity contribution in [3.8, 4) is 11.5 Å². The predicted molar refractivity (Wildman–Crippen MR) is 113 cm³/mol. The number of amides is 2. The topological polar surface area (TPSA) is 102 Å². The van der Waals surface area contributed by atoms with Crippen LogP contribution in [-0.4, -0.2) is 46.7 Å². The number of nitrogens with zero attached hydrogens (tertiary/aromatic N) is 1. The molecule has 10 heteroatoms. The van der Waals surface area contributed by atoms with Crippen molar-refractivity contribution in [2.24, 2.45) is 0 Å². The van der Waals surface area contributed by atoms with Crippen LogP contribution < -0.4 is 19.1 Å². The molecule has 0 spiro atoms. The summed E-state index contributed by atoms with van der Waals surface area (Å²) in [6.07, 6.45) is 0.429. The van der Waals surface area contributed by atoms with Crippen LogP contribution in [0, 0.1) is 0 Å². The van der Waals surface area contributed by atoms with Gasteiger partial charge in [0.1, 0.15) is 11.5 Å². The van der Waals surface area contributed by atoms with Crippen LogP contribution in [0.3, 0.4) is 0 Å². The molecule has 160 valence electrons. The van der Waals surface area contributed by atoms with Gasteiger partial charge in [0.2, 0.25) is 15.9 Å². The number of nitrogens with one attached hydrogen (secondary N) is 1. The largest absolute Gasteiger partial charge is 0.497 e. The molecule has 8 nitrogen and oxygen atoms in total. The fraction of sp³-hybridized carbons (Fsp3) is 0.300. The highest BCUT2D eigenvalue weighted by atomic mass is 35.5. The maximum absolute atomic E-state index is 12.5. The van der Waals surface area contributed by atoms with Gasteiger partial charge in [0, 0.05) is 13.0 Å². The van der Waals surface area contributed by atoms with Crippen molar-refractivity contribution in [2.75, 3.05) is 30.8 Å². The molecule has 1 saturated heterocycles. The van der Waals surface area contributed by atoms with Crippen LogP contribution in [-0.2, 0) is 21.2 Å². The van der Waals surface area contributed by atoms with Gasteiger partial charge >= 0.3 is 0 Å². The highest BCUT2D eigenvalue weighted by Gasteiger charge is 2.36. The third-order valence-corrected chi connectivity index (χ3v) is 6.68. The number of sulfonamides is 1. The van der Waals surface area contributed by atoms with Crippen LogP contribution >= 0.6 is 11.6 Å². The Balaban J connectivity index is 1.69. The number of carbonyl (C=O) groups excluding carboxylic acids is 2. The fourth-order valence-corrected chi connectivity index (χ4v) is 4.88. The summed E-state index contributed by atoms with van der Waals surface area (Å²) in [5, 5.41) is 2.83. The lowest BCUT2D eigenvalue weighted by Gasteiger charge is -2.16. The highest BCUT2D eigenvalue weighted by Crippen LogP contribution is 2.29. The number of ether oxygens (including phenoxy) is 2. The predicted octanol–water partition coefficient (Wildman–Crippen LogP) is 2.40. The summed E-state index contributed by atoms with van der Waals surface area (Å²) < 4.78 is 35.3. The molecule has 0 atom stereocenters. The molecule has 2 aromatic rings. The van der Waals surface area contributed by atoms with Crippen molar-refractivity contribution >= 4 is 39.1 Å². The average molecular weight is 453 g/mol. The molecule has 1 fully saturated rings. The van der Waals surface area contributed by atoms with E-state index < -0.39 is 21.8 Å². The van der Waals surface area contributed by atoms with E-state index in [1.54, 1.807) is 26.4 Å². The van der Waals surface area contributed by atoms with Crippen LogP contribution in [0.4, 0.5) is 5.69 Å². The molecule has 2 aromatic carbocycles. The molecule has 0 unspecified atom stereocenters. The Hall–Kier alpha value is -2.78. The second-order valence-electron chi connectivity index (χ2n) is 6.57. The van der Waals surface area contributed by atoms with E-state index in [2.05, 4.69) is 5.32 Å². The van der Waals surface area contributed by atoms with Gasteiger partial charge in [-0.05, 0) is 48.4 Å². The molecule has 2 amide bonds. The molecule has 0 saturated carbocycles. The zero-order valence-electron chi connectivity index (χ0n) is 16.5. The van der Waals surface area contributed by atoms with Gasteiger partial charge in [-0.15, -0.1) is 0 Å². The number of benzene rings is 2. The minimum atomic E-state index is -3.69. The second-order valence-corrected chi connectivity index (χ2v) is 8.92. The zero-order chi connectivity index (χ0) is 21.9. The molecule has 0 aromatic heterocycles. The Morgan fingerprint density at radius 2 is 1.93 bits per heavy atom. The summed E-state index contributed by atoms with van der Waals surface area (Å²) in [5.74, 6) is 0.199. The fourth-order valence-electron chi connectivity index (χ4n) is 3.17. The van der Waals surface area contributed by atoms with Crippen LogP contribution in [0.2, 0.25) is 5.02 Å². The molecule has 1 heterocycles. The summed E-state index contributed by atoms with van der Waals surface area (Å²) in [5.41, 5.74) is 1.18. The Bertz CT molecular complexity index is 1090. The molecule has 0 bridgehead atoms. The normalized spacial score (nSPS) is 15.2. The van der Waals surface area contributed by atoms with Gasteiger partial charge in [-0.3, -0.25) is 9.59 Å². The SMILES string of the molecule is COc1ccc(OC)c(CCNC(=O)c2ccc(N3C(=O)CCS3(=O)=O)cc2Cl)c1. The van der Waals surface area contributed by atoms with Crippen LogP contribution in [0.5, 0.6) is 11.5 Å². The Kier molecular flexibility index (Phi) is 6.52. The van der Waals surface area contributed by atoms with Crippen LogP contribution in [0.25, 0.3) is 0 Å². The van der Waals surface area contributed by atoms with Gasteiger partial charge in [-0.2, -0.15) is 0 Å². The van der Waals surface area contributed by atoms with Crippen LogP contribution in [0.1, 0.15) is 22.3 Å². The van der Waals surface area contributed by atoms with Crippen molar-refractivity contribution in [1.82, 2.24) is 5.32 Å². The Labute approximate surface area is 179 Å². The Morgan fingerprint density at radius 1 is 1.17 bits per heavy atom. The molecule has 0 radical (unpaired) electrons. The molecular weight excluding hydrogens is 432 g/mol. The Morgan fingerprint density at radius 3 is 2.53 bits per heavy atom. The van der Waals surface area contributed by atoms with E-state index in [-0.39, 0.29) is 28.4 Å². The minimum Gasteiger partial charge on any atom is -0.497 e. The molecule has 1 aliphatic rings. The molecule has 30 heavy (non-hydrogen) atoms. The van der Waals surface area contributed by atoms with Gasteiger partial charge < -0.3 is 14.8 Å². The number of carbonyl (C=O) groups is 2. The summed E-state index contributed by atoms with van der Waals surface area (Å²) in [4.78, 5) is 24.4. The van der Waals surface area contributed by atoms with E-state index in [1.165, 1.54) is 18.2 Å². The van der Waals surface area contributed by atoms with E-state index >= 15 is 0 Å². The third-order valence-electron chi connectivity index (χ3n) is 4.68. The first kappa shape index (κ1) is 21.9. The summed E-state index contributed by atoms with van der Waals surface area (Å²) in [6, 6.07) is 9.52. The second kappa shape index (κ2) is 8.93. The molecule has 0 aliphatic carbocycles. The van der Waals surface area contributed by atoms with Crippen LogP contribution in [0.15, 0.2) is 36.4 Å². The van der Waals surface area contributed by atoms with E-state index in [4.69, 9.17) is 21.1 Å². The lowest BCUT2D eigenvalue weighted by molar-refractivity contribution is -0.116. The number of halogens is 1. The number of anilines is 1. The summed E-state index contributed by atoms with van der Waals surface area (Å²) in [6.45, 7) is 0.319. The number of hydrogen-bond acceptors (Lipinski definition) is 6. The molecule has 3 rings (SSSR count). The van der Waals surface area contributed by atoms with Crippen molar-refractivity contribution in [3.05, 3.63) is 52.5 Å². The van der Waals surface area contributed by atoms with Gasteiger partial charge in [-0.1, -0.05) is 11.6 Å². The monoisotopic (exact) mass is 452 g/mol.